The number of rotatable bonds is 11. The van der Waals surface area contributed by atoms with Crippen LogP contribution in [0.4, 0.5) is 0 Å². The Morgan fingerprint density at radius 1 is 0.714 bits per heavy atom. The molecule has 3 nitrogen and oxygen atoms in total. The van der Waals surface area contributed by atoms with Crippen molar-refractivity contribution in [1.29, 1.82) is 0 Å². The molecule has 5 heteroatoms. The van der Waals surface area contributed by atoms with Crippen LogP contribution in [0.15, 0.2) is 78.9 Å². The summed E-state index contributed by atoms with van der Waals surface area (Å²) in [5, 5.41) is 0. The fourth-order valence-corrected chi connectivity index (χ4v) is 7.29. The molecule has 2 unspecified atom stereocenters. The van der Waals surface area contributed by atoms with Crippen LogP contribution in [-0.4, -0.2) is 42.6 Å². The minimum absolute atomic E-state index is 0.482. The standard InChI is InChI=1S/C30H35Cl2NO2/c1-5-28(23-11-9-8-10-12-23)29(30(28,31)32,24-13-17-26(34-4)18-14-24)25-15-19-27(20-16-25)35-22-21-33(6-2)7-3/h8-20H,5-7,21-22H2,1-4H3. The van der Waals surface area contributed by atoms with Gasteiger partial charge in [-0.05, 0) is 60.5 Å². The van der Waals surface area contributed by atoms with Crippen LogP contribution >= 0.6 is 23.2 Å². The Morgan fingerprint density at radius 3 is 1.74 bits per heavy atom. The third kappa shape index (κ3) is 4.02. The molecule has 0 amide bonds. The van der Waals surface area contributed by atoms with Crippen LogP contribution < -0.4 is 9.47 Å². The Morgan fingerprint density at radius 2 is 1.26 bits per heavy atom. The highest BCUT2D eigenvalue weighted by atomic mass is 35.5. The van der Waals surface area contributed by atoms with Gasteiger partial charge < -0.3 is 14.4 Å². The number of alkyl halides is 2. The molecule has 0 bridgehead atoms. The Labute approximate surface area is 220 Å². The fourth-order valence-electron chi connectivity index (χ4n) is 5.85. The maximum absolute atomic E-state index is 7.35. The maximum atomic E-state index is 7.35. The minimum atomic E-state index is -1.03. The molecule has 0 aromatic heterocycles. The van der Waals surface area contributed by atoms with Crippen LogP contribution in [0.1, 0.15) is 43.9 Å². The molecular formula is C30H35Cl2NO2. The zero-order chi connectivity index (χ0) is 25.1. The summed E-state index contributed by atoms with van der Waals surface area (Å²) in [4.78, 5) is 2.35. The normalized spacial score (nSPS) is 22.7. The lowest BCUT2D eigenvalue weighted by atomic mass is 9.76. The molecule has 3 aromatic carbocycles. The first-order valence-corrected chi connectivity index (χ1v) is 13.2. The number of halogens is 2. The van der Waals surface area contributed by atoms with Crippen LogP contribution in [0, 0.1) is 0 Å². The van der Waals surface area contributed by atoms with Crippen molar-refractivity contribution in [3.8, 4) is 11.5 Å². The van der Waals surface area contributed by atoms with Crippen molar-refractivity contribution in [3.63, 3.8) is 0 Å². The van der Waals surface area contributed by atoms with Crippen molar-refractivity contribution >= 4 is 23.2 Å². The van der Waals surface area contributed by atoms with E-state index in [1.54, 1.807) is 7.11 Å². The summed E-state index contributed by atoms with van der Waals surface area (Å²) in [7, 11) is 1.68. The van der Waals surface area contributed by atoms with Gasteiger partial charge in [-0.15, -0.1) is 0 Å². The van der Waals surface area contributed by atoms with Gasteiger partial charge in [-0.2, -0.15) is 0 Å². The van der Waals surface area contributed by atoms with Gasteiger partial charge >= 0.3 is 0 Å². The highest BCUT2D eigenvalue weighted by Crippen LogP contribution is 2.82. The molecule has 3 aromatic rings. The molecule has 0 radical (unpaired) electrons. The molecule has 0 spiro atoms. The SMILES string of the molecule is CCN(CC)CCOc1ccc(C2(c3ccc(OC)cc3)C(Cl)(Cl)C2(CC)c2ccccc2)cc1. The molecule has 4 rings (SSSR count). The largest absolute Gasteiger partial charge is 0.497 e. The zero-order valence-electron chi connectivity index (χ0n) is 21.1. The summed E-state index contributed by atoms with van der Waals surface area (Å²) in [6, 6.07) is 26.9. The number of likely N-dealkylation sites (N-methyl/N-ethyl adjacent to an activating group) is 1. The lowest BCUT2D eigenvalue weighted by Crippen LogP contribution is -2.27. The molecule has 1 saturated carbocycles. The lowest BCUT2D eigenvalue weighted by Gasteiger charge is -2.26. The first kappa shape index (κ1) is 25.9. The van der Waals surface area contributed by atoms with E-state index in [1.807, 2.05) is 30.3 Å². The van der Waals surface area contributed by atoms with E-state index >= 15 is 0 Å². The van der Waals surface area contributed by atoms with Crippen LogP contribution in [0.3, 0.4) is 0 Å². The van der Waals surface area contributed by atoms with E-state index in [2.05, 4.69) is 74.2 Å². The fraction of sp³-hybridized carbons (Fsp3) is 0.400. The molecule has 0 N–H and O–H groups in total. The van der Waals surface area contributed by atoms with E-state index in [0.717, 1.165) is 54.2 Å². The van der Waals surface area contributed by atoms with E-state index in [0.29, 0.717) is 6.61 Å². The Kier molecular flexibility index (Phi) is 7.71. The van der Waals surface area contributed by atoms with Crippen molar-refractivity contribution in [2.45, 2.75) is 42.4 Å². The molecule has 2 atom stereocenters. The molecule has 35 heavy (non-hydrogen) atoms. The van der Waals surface area contributed by atoms with Gasteiger partial charge in [-0.25, -0.2) is 0 Å². The van der Waals surface area contributed by atoms with E-state index in [9.17, 15) is 0 Å². The summed E-state index contributed by atoms with van der Waals surface area (Å²) in [5.74, 6) is 1.65. The molecular weight excluding hydrogens is 477 g/mol. The molecule has 186 valence electrons. The molecule has 0 aliphatic heterocycles. The van der Waals surface area contributed by atoms with Crippen molar-refractivity contribution in [2.75, 3.05) is 33.4 Å². The quantitative estimate of drug-likeness (QED) is 0.253. The van der Waals surface area contributed by atoms with Gasteiger partial charge in [0.2, 0.25) is 0 Å². The molecule has 1 fully saturated rings. The van der Waals surface area contributed by atoms with Crippen LogP contribution in [0.5, 0.6) is 11.5 Å². The van der Waals surface area contributed by atoms with Crippen molar-refractivity contribution in [2.24, 2.45) is 0 Å². The van der Waals surface area contributed by atoms with Crippen molar-refractivity contribution in [3.05, 3.63) is 95.6 Å². The number of hydrogen-bond acceptors (Lipinski definition) is 3. The van der Waals surface area contributed by atoms with Gasteiger partial charge in [-0.1, -0.05) is 98.6 Å². The summed E-state index contributed by atoms with van der Waals surface area (Å²) in [6.45, 7) is 10.1. The van der Waals surface area contributed by atoms with Gasteiger partial charge in [0.05, 0.1) is 12.5 Å². The third-order valence-corrected chi connectivity index (χ3v) is 8.97. The summed E-state index contributed by atoms with van der Waals surface area (Å²) in [6.07, 6.45) is 0.790. The second-order valence-corrected chi connectivity index (χ2v) is 10.4. The van der Waals surface area contributed by atoms with Crippen LogP contribution in [0.25, 0.3) is 0 Å². The predicted molar refractivity (Wildman–Crippen MR) is 146 cm³/mol. The Bertz CT molecular complexity index is 1100. The van der Waals surface area contributed by atoms with Crippen molar-refractivity contribution < 1.29 is 9.47 Å². The van der Waals surface area contributed by atoms with Gasteiger partial charge in [0, 0.05) is 12.0 Å². The van der Waals surface area contributed by atoms with Crippen molar-refractivity contribution in [1.82, 2.24) is 4.90 Å². The molecule has 1 aliphatic carbocycles. The number of hydrogen-bond donors (Lipinski definition) is 0. The van der Waals surface area contributed by atoms with Gasteiger partial charge in [0.15, 0.2) is 0 Å². The van der Waals surface area contributed by atoms with E-state index in [4.69, 9.17) is 32.7 Å². The summed E-state index contributed by atoms with van der Waals surface area (Å²) < 4.78 is 10.4. The minimum Gasteiger partial charge on any atom is -0.497 e. The molecule has 1 aliphatic rings. The zero-order valence-corrected chi connectivity index (χ0v) is 22.6. The smallest absolute Gasteiger partial charge is 0.143 e. The number of ether oxygens (including phenoxy) is 2. The monoisotopic (exact) mass is 511 g/mol. The van der Waals surface area contributed by atoms with E-state index in [1.165, 1.54) is 0 Å². The number of methoxy groups -OCH3 is 1. The van der Waals surface area contributed by atoms with Gasteiger partial charge in [0.25, 0.3) is 0 Å². The van der Waals surface area contributed by atoms with Crippen LogP contribution in [0.2, 0.25) is 0 Å². The second kappa shape index (κ2) is 10.4. The summed E-state index contributed by atoms with van der Waals surface area (Å²) in [5.41, 5.74) is 2.19. The summed E-state index contributed by atoms with van der Waals surface area (Å²) >= 11 is 14.7. The van der Waals surface area contributed by atoms with Gasteiger partial charge in [-0.3, -0.25) is 0 Å². The van der Waals surface area contributed by atoms with E-state index in [-0.39, 0.29) is 0 Å². The lowest BCUT2D eigenvalue weighted by molar-refractivity contribution is 0.223. The number of benzene rings is 3. The first-order valence-electron chi connectivity index (χ1n) is 12.5. The average Bonchev–Trinajstić information content (AvgIpc) is 3.38. The second-order valence-electron chi connectivity index (χ2n) is 9.08. The van der Waals surface area contributed by atoms with Crippen LogP contribution in [-0.2, 0) is 10.8 Å². The molecule has 0 saturated heterocycles. The topological polar surface area (TPSA) is 21.7 Å². The van der Waals surface area contributed by atoms with E-state index < -0.39 is 15.2 Å². The highest BCUT2D eigenvalue weighted by Gasteiger charge is 2.87. The maximum Gasteiger partial charge on any atom is 0.143 e. The third-order valence-electron chi connectivity index (χ3n) is 7.76. The first-order chi connectivity index (χ1) is 16.9. The Hall–Kier alpha value is -2.20. The average molecular weight is 513 g/mol. The Balaban J connectivity index is 1.75. The predicted octanol–water partition coefficient (Wildman–Crippen LogP) is 7.24. The number of nitrogens with zero attached hydrogens (tertiary/aromatic N) is 1. The van der Waals surface area contributed by atoms with Gasteiger partial charge in [0.1, 0.15) is 22.4 Å². The molecule has 0 heterocycles. The highest BCUT2D eigenvalue weighted by molar-refractivity contribution is 6.54.